The first-order valence-electron chi connectivity index (χ1n) is 6.36. The van der Waals surface area contributed by atoms with Crippen LogP contribution in [-0.4, -0.2) is 26.3 Å². The number of aromatic nitrogens is 1. The lowest BCUT2D eigenvalue weighted by molar-refractivity contribution is 0.0692. The highest BCUT2D eigenvalue weighted by atomic mass is 32.1. The van der Waals surface area contributed by atoms with Crippen molar-refractivity contribution in [3.63, 3.8) is 0 Å². The molecule has 5 nitrogen and oxygen atoms in total. The fourth-order valence-electron chi connectivity index (χ4n) is 2.25. The van der Waals surface area contributed by atoms with Gasteiger partial charge in [-0.2, -0.15) is 0 Å². The predicted molar refractivity (Wildman–Crippen MR) is 83.3 cm³/mol. The SMILES string of the molecule is O=C(O)c1ncsc1-c1ccccc1-c1ccc(O)cc1O. The molecule has 110 valence electrons. The van der Waals surface area contributed by atoms with Crippen LogP contribution in [0.15, 0.2) is 48.0 Å². The Labute approximate surface area is 129 Å². The van der Waals surface area contributed by atoms with Crippen LogP contribution < -0.4 is 0 Å². The molecule has 3 rings (SSSR count). The number of benzene rings is 2. The zero-order valence-corrected chi connectivity index (χ0v) is 12.0. The monoisotopic (exact) mass is 313 g/mol. The van der Waals surface area contributed by atoms with Crippen LogP contribution in [0.3, 0.4) is 0 Å². The lowest BCUT2D eigenvalue weighted by Gasteiger charge is -2.10. The third-order valence-corrected chi connectivity index (χ3v) is 4.07. The van der Waals surface area contributed by atoms with Crippen molar-refractivity contribution in [1.82, 2.24) is 4.98 Å². The van der Waals surface area contributed by atoms with E-state index in [1.165, 1.54) is 29.0 Å². The maximum absolute atomic E-state index is 11.3. The van der Waals surface area contributed by atoms with Crippen LogP contribution in [0.4, 0.5) is 0 Å². The Hall–Kier alpha value is -2.86. The largest absolute Gasteiger partial charge is 0.508 e. The number of aromatic hydroxyl groups is 2. The van der Waals surface area contributed by atoms with Crippen LogP contribution in [0.25, 0.3) is 21.6 Å². The number of phenolic OH excluding ortho intramolecular Hbond substituents is 2. The molecule has 0 aliphatic heterocycles. The number of hydrogen-bond acceptors (Lipinski definition) is 5. The number of aromatic carboxylic acids is 1. The summed E-state index contributed by atoms with van der Waals surface area (Å²) < 4.78 is 0. The topological polar surface area (TPSA) is 90.7 Å². The number of rotatable bonds is 3. The zero-order chi connectivity index (χ0) is 15.7. The van der Waals surface area contributed by atoms with Crippen molar-refractivity contribution in [1.29, 1.82) is 0 Å². The summed E-state index contributed by atoms with van der Waals surface area (Å²) in [6, 6.07) is 11.5. The predicted octanol–water partition coefficient (Wildman–Crippen LogP) is 3.59. The number of carbonyl (C=O) groups is 1. The van der Waals surface area contributed by atoms with Gasteiger partial charge in [-0.25, -0.2) is 9.78 Å². The van der Waals surface area contributed by atoms with Gasteiger partial charge < -0.3 is 15.3 Å². The quantitative estimate of drug-likeness (QED) is 0.687. The molecule has 3 N–H and O–H groups in total. The van der Waals surface area contributed by atoms with Gasteiger partial charge in [0.2, 0.25) is 0 Å². The molecule has 0 saturated heterocycles. The first-order valence-corrected chi connectivity index (χ1v) is 7.24. The van der Waals surface area contributed by atoms with Gasteiger partial charge in [-0.05, 0) is 17.7 Å². The van der Waals surface area contributed by atoms with Gasteiger partial charge in [0, 0.05) is 17.2 Å². The molecule has 0 atom stereocenters. The average molecular weight is 313 g/mol. The Morgan fingerprint density at radius 2 is 1.73 bits per heavy atom. The van der Waals surface area contributed by atoms with E-state index in [9.17, 15) is 20.1 Å². The maximum Gasteiger partial charge on any atom is 0.356 e. The second kappa shape index (κ2) is 5.50. The Bertz CT molecular complexity index is 857. The third kappa shape index (κ3) is 2.40. The highest BCUT2D eigenvalue weighted by Gasteiger charge is 2.19. The van der Waals surface area contributed by atoms with E-state index >= 15 is 0 Å². The van der Waals surface area contributed by atoms with Crippen LogP contribution in [-0.2, 0) is 0 Å². The molecule has 1 heterocycles. The van der Waals surface area contributed by atoms with Crippen LogP contribution >= 0.6 is 11.3 Å². The molecule has 0 radical (unpaired) electrons. The van der Waals surface area contributed by atoms with Crippen LogP contribution in [0.1, 0.15) is 10.5 Å². The Morgan fingerprint density at radius 3 is 2.41 bits per heavy atom. The second-order valence-electron chi connectivity index (χ2n) is 4.58. The lowest BCUT2D eigenvalue weighted by atomic mass is 9.97. The number of phenols is 2. The lowest BCUT2D eigenvalue weighted by Crippen LogP contribution is -1.98. The first kappa shape index (κ1) is 14.1. The Kier molecular flexibility index (Phi) is 3.52. The molecule has 0 aliphatic carbocycles. The van der Waals surface area contributed by atoms with Crippen molar-refractivity contribution in [3.05, 3.63) is 53.7 Å². The van der Waals surface area contributed by atoms with Gasteiger partial charge >= 0.3 is 5.97 Å². The molecule has 0 amide bonds. The summed E-state index contributed by atoms with van der Waals surface area (Å²) in [6.07, 6.45) is 0. The number of thiazole rings is 1. The number of hydrogen-bond donors (Lipinski definition) is 3. The van der Waals surface area contributed by atoms with Crippen molar-refractivity contribution in [2.75, 3.05) is 0 Å². The summed E-state index contributed by atoms with van der Waals surface area (Å²) >= 11 is 1.23. The van der Waals surface area contributed by atoms with Gasteiger partial charge in [0.25, 0.3) is 0 Å². The minimum Gasteiger partial charge on any atom is -0.508 e. The highest BCUT2D eigenvalue weighted by Crippen LogP contribution is 2.40. The van der Waals surface area contributed by atoms with Crippen LogP contribution in [0.5, 0.6) is 11.5 Å². The molecular formula is C16H11NO4S. The normalized spacial score (nSPS) is 10.5. The van der Waals surface area contributed by atoms with E-state index in [-0.39, 0.29) is 17.2 Å². The van der Waals surface area contributed by atoms with E-state index in [0.29, 0.717) is 21.6 Å². The van der Waals surface area contributed by atoms with E-state index in [2.05, 4.69) is 4.98 Å². The number of carboxylic acid groups (broad SMARTS) is 1. The fraction of sp³-hybridized carbons (Fsp3) is 0. The van der Waals surface area contributed by atoms with Gasteiger partial charge in [0.1, 0.15) is 11.5 Å². The summed E-state index contributed by atoms with van der Waals surface area (Å²) in [7, 11) is 0. The molecule has 0 aliphatic rings. The van der Waals surface area contributed by atoms with E-state index < -0.39 is 5.97 Å². The Morgan fingerprint density at radius 1 is 1.00 bits per heavy atom. The van der Waals surface area contributed by atoms with Crippen molar-refractivity contribution in [3.8, 4) is 33.1 Å². The molecule has 22 heavy (non-hydrogen) atoms. The summed E-state index contributed by atoms with van der Waals surface area (Å²) in [5.41, 5.74) is 3.32. The van der Waals surface area contributed by atoms with E-state index in [1.807, 2.05) is 0 Å². The molecule has 2 aromatic carbocycles. The smallest absolute Gasteiger partial charge is 0.356 e. The minimum absolute atomic E-state index is 0.0179. The molecule has 6 heteroatoms. The molecule has 0 fully saturated rings. The third-order valence-electron chi connectivity index (χ3n) is 3.21. The molecule has 3 aromatic rings. The van der Waals surface area contributed by atoms with Gasteiger partial charge in [-0.1, -0.05) is 24.3 Å². The minimum atomic E-state index is -1.10. The Balaban J connectivity index is 2.23. The average Bonchev–Trinajstić information content (AvgIpc) is 2.97. The van der Waals surface area contributed by atoms with Crippen molar-refractivity contribution >= 4 is 17.3 Å². The van der Waals surface area contributed by atoms with Gasteiger partial charge in [-0.15, -0.1) is 11.3 Å². The van der Waals surface area contributed by atoms with E-state index in [0.717, 1.165) is 0 Å². The molecular weight excluding hydrogens is 302 g/mol. The number of nitrogens with zero attached hydrogens (tertiary/aromatic N) is 1. The molecule has 0 spiro atoms. The summed E-state index contributed by atoms with van der Waals surface area (Å²) in [4.78, 5) is 15.7. The molecule has 0 saturated carbocycles. The number of carboxylic acids is 1. The van der Waals surface area contributed by atoms with Crippen molar-refractivity contribution < 1.29 is 20.1 Å². The standard InChI is InChI=1S/C16H11NO4S/c18-9-5-6-11(13(19)7-9)10-3-1-2-4-12(10)15-14(16(20)21)17-8-22-15/h1-8,18-19H,(H,20,21). The van der Waals surface area contributed by atoms with Crippen LogP contribution in [0.2, 0.25) is 0 Å². The highest BCUT2D eigenvalue weighted by molar-refractivity contribution is 7.13. The van der Waals surface area contributed by atoms with Crippen molar-refractivity contribution in [2.24, 2.45) is 0 Å². The summed E-state index contributed by atoms with van der Waals surface area (Å²) in [5.74, 6) is -1.21. The second-order valence-corrected chi connectivity index (χ2v) is 5.44. The molecule has 0 bridgehead atoms. The van der Waals surface area contributed by atoms with Crippen LogP contribution in [0, 0.1) is 0 Å². The van der Waals surface area contributed by atoms with Gasteiger partial charge in [0.15, 0.2) is 5.69 Å². The zero-order valence-electron chi connectivity index (χ0n) is 11.2. The fourth-order valence-corrected chi connectivity index (χ4v) is 3.07. The first-order chi connectivity index (χ1) is 10.6. The van der Waals surface area contributed by atoms with Gasteiger partial charge in [0.05, 0.1) is 10.4 Å². The maximum atomic E-state index is 11.3. The van der Waals surface area contributed by atoms with Crippen molar-refractivity contribution in [2.45, 2.75) is 0 Å². The summed E-state index contributed by atoms with van der Waals surface area (Å²) in [5, 5.41) is 28.7. The molecule has 0 unspecified atom stereocenters. The van der Waals surface area contributed by atoms with E-state index in [4.69, 9.17) is 0 Å². The molecule has 1 aromatic heterocycles. The van der Waals surface area contributed by atoms with Gasteiger partial charge in [-0.3, -0.25) is 0 Å². The van der Waals surface area contributed by atoms with E-state index in [1.54, 1.807) is 30.3 Å². The summed E-state index contributed by atoms with van der Waals surface area (Å²) in [6.45, 7) is 0.